The first kappa shape index (κ1) is 34.7. The highest BCUT2D eigenvalue weighted by molar-refractivity contribution is 7.90. The van der Waals surface area contributed by atoms with Gasteiger partial charge in [-0.1, -0.05) is 43.9 Å². The van der Waals surface area contributed by atoms with Gasteiger partial charge in [-0.2, -0.15) is 0 Å². The van der Waals surface area contributed by atoms with Crippen molar-refractivity contribution in [2.24, 2.45) is 17.8 Å². The summed E-state index contributed by atoms with van der Waals surface area (Å²) in [6.45, 7) is 5.01. The number of carbonyl (C=O) groups excluding carboxylic acids is 3. The Morgan fingerprint density at radius 1 is 1.09 bits per heavy atom. The number of sulfonamides is 1. The van der Waals surface area contributed by atoms with Crippen molar-refractivity contribution in [3.63, 3.8) is 0 Å². The fraction of sp³-hybridized carbons (Fsp3) is 0.636. The number of amides is 3. The summed E-state index contributed by atoms with van der Waals surface area (Å²) in [5.74, 6) is -1.75. The zero-order valence-corrected chi connectivity index (χ0v) is 27.5. The second-order valence-corrected chi connectivity index (χ2v) is 15.0. The Hall–Kier alpha value is -3.65. The highest BCUT2D eigenvalue weighted by Crippen LogP contribution is 2.48. The van der Waals surface area contributed by atoms with Crippen LogP contribution in [0.2, 0.25) is 0 Å². The average molecular weight is 674 g/mol. The number of carboxylic acid groups (broad SMARTS) is 1. The summed E-state index contributed by atoms with van der Waals surface area (Å²) in [5.41, 5.74) is -0.987. The van der Waals surface area contributed by atoms with Gasteiger partial charge in [-0.15, -0.1) is 6.58 Å². The molecule has 1 aromatic rings. The number of nitrogens with one attached hydrogen (secondary N) is 5. The van der Waals surface area contributed by atoms with E-state index in [2.05, 4.69) is 32.6 Å². The van der Waals surface area contributed by atoms with E-state index < -0.39 is 39.6 Å². The second-order valence-electron chi connectivity index (χ2n) is 13.3. The molecule has 1 saturated heterocycles. The van der Waals surface area contributed by atoms with E-state index in [1.807, 2.05) is 0 Å². The van der Waals surface area contributed by atoms with Gasteiger partial charge in [0.1, 0.15) is 22.6 Å². The topological polar surface area (TPSA) is 192 Å². The Balaban J connectivity index is 1.04. The van der Waals surface area contributed by atoms with Gasteiger partial charge < -0.3 is 31.1 Å². The third-order valence-electron chi connectivity index (χ3n) is 9.89. The molecule has 0 spiro atoms. The number of hydrogen-bond acceptors (Lipinski definition) is 9. The SMILES string of the molecule is C=C[C@@H]1C[C@]1(NC(=O)[C@H]1NCC2CC21)C(=O)NS(=O)(=O)c1ccccc1NCCCCCCC[C@H](NC(=O)OC1CCCC1)C(=O)O. The number of ether oxygens (including phenoxy) is 1. The Morgan fingerprint density at radius 3 is 2.47 bits per heavy atom. The minimum atomic E-state index is -4.26. The maximum Gasteiger partial charge on any atom is 0.408 e. The summed E-state index contributed by atoms with van der Waals surface area (Å²) >= 11 is 0. The number of anilines is 1. The predicted molar refractivity (Wildman–Crippen MR) is 174 cm³/mol. The van der Waals surface area contributed by atoms with Crippen LogP contribution in [0.4, 0.5) is 10.5 Å². The predicted octanol–water partition coefficient (Wildman–Crippen LogP) is 3.03. The molecule has 4 fully saturated rings. The van der Waals surface area contributed by atoms with Crippen LogP contribution in [0, 0.1) is 17.8 Å². The average Bonchev–Trinajstić information content (AvgIpc) is 3.84. The van der Waals surface area contributed by atoms with Gasteiger partial charge in [-0.25, -0.2) is 22.7 Å². The van der Waals surface area contributed by atoms with Gasteiger partial charge in [-0.3, -0.25) is 9.59 Å². The molecule has 4 aliphatic rings. The summed E-state index contributed by atoms with van der Waals surface area (Å²) in [7, 11) is -4.26. The Labute approximate surface area is 276 Å². The van der Waals surface area contributed by atoms with E-state index in [1.165, 1.54) is 6.07 Å². The summed E-state index contributed by atoms with van der Waals surface area (Å²) in [6.07, 6.45) is 9.80. The molecule has 258 valence electrons. The molecule has 3 saturated carbocycles. The van der Waals surface area contributed by atoms with Crippen LogP contribution in [0.3, 0.4) is 0 Å². The molecule has 3 amide bonds. The molecule has 6 N–H and O–H groups in total. The quantitative estimate of drug-likeness (QED) is 0.0997. The molecule has 5 rings (SSSR count). The molecule has 0 aromatic heterocycles. The van der Waals surface area contributed by atoms with Crippen LogP contribution in [0.15, 0.2) is 41.8 Å². The fourth-order valence-electron chi connectivity index (χ4n) is 6.90. The summed E-state index contributed by atoms with van der Waals surface area (Å²) in [5, 5.41) is 21.1. The smallest absolute Gasteiger partial charge is 0.408 e. The first-order valence-electron chi connectivity index (χ1n) is 16.8. The number of piperidine rings is 1. The molecule has 1 aromatic carbocycles. The Morgan fingerprint density at radius 2 is 1.81 bits per heavy atom. The molecule has 0 radical (unpaired) electrons. The molecule has 13 nitrogen and oxygen atoms in total. The van der Waals surface area contributed by atoms with E-state index in [9.17, 15) is 32.7 Å². The first-order chi connectivity index (χ1) is 22.5. The van der Waals surface area contributed by atoms with Crippen LogP contribution >= 0.6 is 0 Å². The van der Waals surface area contributed by atoms with E-state index in [0.717, 1.165) is 64.3 Å². The largest absolute Gasteiger partial charge is 0.480 e. The maximum absolute atomic E-state index is 13.4. The lowest BCUT2D eigenvalue weighted by Gasteiger charge is -2.22. The number of aliphatic carboxylic acids is 1. The van der Waals surface area contributed by atoms with E-state index in [1.54, 1.807) is 24.3 Å². The van der Waals surface area contributed by atoms with Crippen molar-refractivity contribution in [1.29, 1.82) is 0 Å². The number of benzene rings is 1. The van der Waals surface area contributed by atoms with Crippen molar-refractivity contribution >= 4 is 39.6 Å². The van der Waals surface area contributed by atoms with E-state index in [-0.39, 0.29) is 41.2 Å². The molecular formula is C33H47N5O8S. The molecule has 1 aliphatic heterocycles. The van der Waals surface area contributed by atoms with Crippen LogP contribution in [-0.4, -0.2) is 74.2 Å². The number of carbonyl (C=O) groups is 4. The van der Waals surface area contributed by atoms with Crippen LogP contribution in [0.5, 0.6) is 0 Å². The summed E-state index contributed by atoms with van der Waals surface area (Å²) < 4.78 is 34.3. The monoisotopic (exact) mass is 673 g/mol. The van der Waals surface area contributed by atoms with Crippen molar-refractivity contribution in [2.45, 2.75) is 106 Å². The highest BCUT2D eigenvalue weighted by atomic mass is 32.2. The van der Waals surface area contributed by atoms with Crippen molar-refractivity contribution in [3.8, 4) is 0 Å². The molecule has 3 aliphatic carbocycles. The van der Waals surface area contributed by atoms with Crippen molar-refractivity contribution in [2.75, 3.05) is 18.4 Å². The first-order valence-corrected chi connectivity index (χ1v) is 18.3. The third kappa shape index (κ3) is 8.64. The van der Waals surface area contributed by atoms with Crippen LogP contribution in [0.25, 0.3) is 0 Å². The number of alkyl carbamates (subject to hydrolysis) is 1. The number of hydrogen-bond donors (Lipinski definition) is 6. The molecule has 0 bridgehead atoms. The Kier molecular flexibility index (Phi) is 11.1. The highest BCUT2D eigenvalue weighted by Gasteiger charge is 2.62. The number of unbranched alkanes of at least 4 members (excludes halogenated alkanes) is 4. The third-order valence-corrected chi connectivity index (χ3v) is 11.3. The molecule has 47 heavy (non-hydrogen) atoms. The van der Waals surface area contributed by atoms with Crippen LogP contribution < -0.4 is 26.0 Å². The van der Waals surface area contributed by atoms with Crippen LogP contribution in [0.1, 0.15) is 77.0 Å². The number of para-hydroxylation sites is 1. The number of fused-ring (bicyclic) bond motifs is 1. The van der Waals surface area contributed by atoms with Gasteiger partial charge in [0.15, 0.2) is 0 Å². The summed E-state index contributed by atoms with van der Waals surface area (Å²) in [6, 6.07) is 4.98. The zero-order valence-electron chi connectivity index (χ0n) is 26.7. The summed E-state index contributed by atoms with van der Waals surface area (Å²) in [4.78, 5) is 49.9. The zero-order chi connectivity index (χ0) is 33.6. The van der Waals surface area contributed by atoms with Gasteiger partial charge in [0.2, 0.25) is 5.91 Å². The minimum Gasteiger partial charge on any atom is -0.480 e. The van der Waals surface area contributed by atoms with Gasteiger partial charge in [-0.05, 0) is 81.9 Å². The van der Waals surface area contributed by atoms with Crippen molar-refractivity contribution in [3.05, 3.63) is 36.9 Å². The number of rotatable bonds is 18. The molecule has 6 atom stereocenters. The standard InChI is InChI=1S/C33H47N5O8S/c1-2-22-19-33(22,37-29(39)28-24-18-21(24)20-35-28)31(42)38-47(44,45)27-16-10-9-14-25(27)34-17-11-5-3-4-6-15-26(30(40)41)36-32(43)46-23-12-7-8-13-23/h2,9-10,14,16,21-24,26,28,34-35H,1,3-8,11-13,15,17-20H2,(H,36,43)(H,37,39)(H,38,42)(H,40,41)/t21?,22-,24?,26+,28+,33-/m1/s1. The van der Waals surface area contributed by atoms with E-state index in [0.29, 0.717) is 31.0 Å². The van der Waals surface area contributed by atoms with E-state index in [4.69, 9.17) is 4.74 Å². The molecule has 14 heteroatoms. The lowest BCUT2D eigenvalue weighted by Crippen LogP contribution is -2.56. The number of carboxylic acids is 1. The normalized spacial score (nSPS) is 26.8. The van der Waals surface area contributed by atoms with Gasteiger partial charge in [0, 0.05) is 12.5 Å². The van der Waals surface area contributed by atoms with Gasteiger partial charge in [0.25, 0.3) is 15.9 Å². The molecule has 2 unspecified atom stereocenters. The lowest BCUT2D eigenvalue weighted by molar-refractivity contribution is -0.139. The minimum absolute atomic E-state index is 0.0671. The van der Waals surface area contributed by atoms with Crippen molar-refractivity contribution in [1.82, 2.24) is 20.7 Å². The van der Waals surface area contributed by atoms with Gasteiger partial charge in [0.05, 0.1) is 11.7 Å². The van der Waals surface area contributed by atoms with Crippen molar-refractivity contribution < 1.29 is 37.4 Å². The molecule has 1 heterocycles. The van der Waals surface area contributed by atoms with Crippen LogP contribution in [-0.2, 0) is 29.1 Å². The van der Waals surface area contributed by atoms with E-state index >= 15 is 0 Å². The lowest BCUT2D eigenvalue weighted by atomic mass is 10.1. The fourth-order valence-corrected chi connectivity index (χ4v) is 8.12. The second kappa shape index (κ2) is 15.1. The Bertz CT molecular complexity index is 1450. The maximum atomic E-state index is 13.4. The molecular weight excluding hydrogens is 626 g/mol. The van der Waals surface area contributed by atoms with Gasteiger partial charge >= 0.3 is 12.1 Å².